The Bertz CT molecular complexity index is 4100. The van der Waals surface area contributed by atoms with Gasteiger partial charge in [-0.3, -0.25) is 9.97 Å². The molecule has 330 valence electrons. The molecule has 4 aromatic heterocycles. The zero-order valence-corrected chi connectivity index (χ0v) is 37.0. The monoisotopic (exact) mass is 908 g/mol. The number of halogens is 3. The largest absolute Gasteiger partial charge is 0.416 e. The number of hydrogen-bond donors (Lipinski definition) is 0. The zero-order chi connectivity index (χ0) is 47.5. The van der Waals surface area contributed by atoms with Crippen molar-refractivity contribution in [3.63, 3.8) is 0 Å². The van der Waals surface area contributed by atoms with Crippen molar-refractivity contribution in [2.24, 2.45) is 0 Å². The number of hydrogen-bond acceptors (Lipinski definition) is 4. The van der Waals surface area contributed by atoms with Crippen LogP contribution in [-0.4, -0.2) is 19.1 Å². The van der Waals surface area contributed by atoms with E-state index in [-0.39, 0.29) is 22.3 Å². The number of aromatic nitrogens is 4. The average Bonchev–Trinajstić information content (AvgIpc) is 3.92. The molecule has 6 nitrogen and oxygen atoms in total. The Balaban J connectivity index is 1.10. The van der Waals surface area contributed by atoms with Crippen LogP contribution in [0.1, 0.15) is 16.7 Å². The second-order valence-corrected chi connectivity index (χ2v) is 17.2. The Morgan fingerprint density at radius 2 is 0.857 bits per heavy atom. The quantitative estimate of drug-likeness (QED) is 0.159. The van der Waals surface area contributed by atoms with Gasteiger partial charge in [0, 0.05) is 61.8 Å². The van der Waals surface area contributed by atoms with E-state index in [2.05, 4.69) is 75.9 Å². The van der Waals surface area contributed by atoms with Crippen LogP contribution < -0.4 is 0 Å². The third-order valence-corrected chi connectivity index (χ3v) is 13.1. The average molecular weight is 909 g/mol. The summed E-state index contributed by atoms with van der Waals surface area (Å²) in [5.41, 5.74) is 11.6. The van der Waals surface area contributed by atoms with E-state index in [1.54, 1.807) is 12.1 Å². The van der Waals surface area contributed by atoms with Crippen LogP contribution in [0.5, 0.6) is 0 Å². The number of nitrogens with zero attached hydrogens (tertiary/aromatic N) is 6. The summed E-state index contributed by atoms with van der Waals surface area (Å²) in [6.45, 7) is 0. The molecule has 0 aliphatic carbocycles. The van der Waals surface area contributed by atoms with Crippen LogP contribution in [0.15, 0.2) is 213 Å². The number of nitriles is 2. The lowest BCUT2D eigenvalue weighted by Gasteiger charge is -2.20. The number of rotatable bonds is 7. The van der Waals surface area contributed by atoms with Gasteiger partial charge in [-0.25, -0.2) is 0 Å². The maximum absolute atomic E-state index is 14.5. The van der Waals surface area contributed by atoms with E-state index in [4.69, 9.17) is 9.97 Å². The minimum atomic E-state index is -4.74. The van der Waals surface area contributed by atoms with Gasteiger partial charge in [0.25, 0.3) is 0 Å². The third-order valence-electron chi connectivity index (χ3n) is 13.1. The molecule has 0 spiro atoms. The second-order valence-electron chi connectivity index (χ2n) is 17.2. The fraction of sp³-hybridized carbons (Fsp3) is 0.0164. The molecule has 0 aliphatic heterocycles. The molecule has 12 aromatic rings. The molecule has 0 saturated carbocycles. The summed E-state index contributed by atoms with van der Waals surface area (Å²) in [7, 11) is 0. The molecule has 9 heteroatoms. The molecular weight excluding hydrogens is 874 g/mol. The van der Waals surface area contributed by atoms with Crippen LogP contribution in [0.25, 0.3) is 111 Å². The lowest BCUT2D eigenvalue weighted by atomic mass is 9.94. The van der Waals surface area contributed by atoms with Crippen molar-refractivity contribution in [1.29, 1.82) is 10.5 Å². The zero-order valence-electron chi connectivity index (χ0n) is 37.0. The van der Waals surface area contributed by atoms with Gasteiger partial charge in [0.05, 0.1) is 73.7 Å². The summed E-state index contributed by atoms with van der Waals surface area (Å²) in [6.07, 6.45) is -0.975. The molecule has 0 radical (unpaired) electrons. The molecule has 0 bridgehead atoms. The third kappa shape index (κ3) is 7.13. The lowest BCUT2D eigenvalue weighted by molar-refractivity contribution is -0.137. The molecule has 0 aliphatic rings. The van der Waals surface area contributed by atoms with Gasteiger partial charge in [0.2, 0.25) is 0 Å². The minimum Gasteiger partial charge on any atom is -0.307 e. The van der Waals surface area contributed by atoms with Gasteiger partial charge in [0.15, 0.2) is 0 Å². The Hall–Kier alpha value is -9.57. The minimum absolute atomic E-state index is 0.101. The first-order valence-corrected chi connectivity index (χ1v) is 22.6. The number of pyridine rings is 2. The van der Waals surface area contributed by atoms with Crippen LogP contribution >= 0.6 is 0 Å². The van der Waals surface area contributed by atoms with Gasteiger partial charge in [0.1, 0.15) is 0 Å². The van der Waals surface area contributed by atoms with E-state index in [0.29, 0.717) is 11.4 Å². The molecule has 0 fully saturated rings. The fourth-order valence-corrected chi connectivity index (χ4v) is 9.79. The Morgan fingerprint density at radius 1 is 0.386 bits per heavy atom. The Kier molecular flexibility index (Phi) is 9.94. The standard InChI is InChI=1S/C61H35F3N6/c62-61(63,64)47-28-38(34-65)27-45(29-47)50-33-60(70-56-18-10-8-16-49(56)52-31-42(22-26-58(52)70)44-20-24-54(68-37-44)40-13-5-2-6-14-40)59(32-46(50)35-66)69-55-17-9-7-15-48(55)51-30-41(21-25-57(51)69)43-19-23-53(67-36-43)39-11-3-1-4-12-39/h1-33,36-37H. The number of benzene rings is 8. The molecule has 4 heterocycles. The fourth-order valence-electron chi connectivity index (χ4n) is 9.79. The van der Waals surface area contributed by atoms with Crippen molar-refractivity contribution in [2.45, 2.75) is 6.18 Å². The number of alkyl halides is 3. The maximum Gasteiger partial charge on any atom is 0.416 e. The van der Waals surface area contributed by atoms with Crippen molar-refractivity contribution in [2.75, 3.05) is 0 Å². The highest BCUT2D eigenvalue weighted by Gasteiger charge is 2.32. The summed E-state index contributed by atoms with van der Waals surface area (Å²) in [5, 5.41) is 24.8. The predicted octanol–water partition coefficient (Wildman–Crippen LogP) is 15.8. The SMILES string of the molecule is N#Cc1cc(-c2cc(-n3c4ccccc4c4cc(-c5ccc(-c6ccccc6)nc5)ccc43)c(-n3c4ccccc4c4cc(-c5ccc(-c6ccccc6)nc5)ccc43)cc2C#N)cc(C(F)(F)F)c1. The van der Waals surface area contributed by atoms with Gasteiger partial charge in [-0.2, -0.15) is 23.7 Å². The molecule has 8 aromatic carbocycles. The van der Waals surface area contributed by atoms with Crippen molar-refractivity contribution in [1.82, 2.24) is 19.1 Å². The van der Waals surface area contributed by atoms with Gasteiger partial charge >= 0.3 is 6.18 Å². The van der Waals surface area contributed by atoms with Gasteiger partial charge < -0.3 is 9.13 Å². The number of fused-ring (bicyclic) bond motifs is 6. The molecule has 0 unspecified atom stereocenters. The maximum atomic E-state index is 14.5. The predicted molar refractivity (Wildman–Crippen MR) is 272 cm³/mol. The topological polar surface area (TPSA) is 83.2 Å². The van der Waals surface area contributed by atoms with Crippen LogP contribution in [0, 0.1) is 22.7 Å². The summed E-state index contributed by atoms with van der Waals surface area (Å²) >= 11 is 0. The van der Waals surface area contributed by atoms with E-state index >= 15 is 0 Å². The van der Waals surface area contributed by atoms with Crippen molar-refractivity contribution in [3.8, 4) is 79.4 Å². The van der Waals surface area contributed by atoms with Crippen LogP contribution in [0.3, 0.4) is 0 Å². The van der Waals surface area contributed by atoms with Crippen molar-refractivity contribution in [3.05, 3.63) is 229 Å². The van der Waals surface area contributed by atoms with Crippen LogP contribution in [-0.2, 0) is 6.18 Å². The van der Waals surface area contributed by atoms with E-state index in [9.17, 15) is 23.7 Å². The summed E-state index contributed by atoms with van der Waals surface area (Å²) < 4.78 is 47.7. The highest BCUT2D eigenvalue weighted by molar-refractivity contribution is 6.13. The molecule has 0 amide bonds. The van der Waals surface area contributed by atoms with Crippen LogP contribution in [0.4, 0.5) is 13.2 Å². The molecular formula is C61H35F3N6. The molecule has 0 atom stereocenters. The summed E-state index contributed by atoms with van der Waals surface area (Å²) in [4.78, 5) is 9.62. The van der Waals surface area contributed by atoms with Crippen LogP contribution in [0.2, 0.25) is 0 Å². The highest BCUT2D eigenvalue weighted by atomic mass is 19.4. The van der Waals surface area contributed by atoms with Crippen molar-refractivity contribution >= 4 is 43.6 Å². The summed E-state index contributed by atoms with van der Waals surface area (Å²) in [5.74, 6) is 0. The number of para-hydroxylation sites is 2. The van der Waals surface area contributed by atoms with Crippen molar-refractivity contribution < 1.29 is 13.2 Å². The summed E-state index contributed by atoms with van der Waals surface area (Å²) in [6, 6.07) is 67.9. The van der Waals surface area contributed by atoms with Gasteiger partial charge in [-0.1, -0.05) is 121 Å². The lowest BCUT2D eigenvalue weighted by Crippen LogP contribution is -2.07. The Labute approximate surface area is 399 Å². The molecule has 70 heavy (non-hydrogen) atoms. The second kappa shape index (κ2) is 16.6. The smallest absolute Gasteiger partial charge is 0.307 e. The van der Waals surface area contributed by atoms with E-state index < -0.39 is 11.7 Å². The Morgan fingerprint density at radius 3 is 1.33 bits per heavy atom. The molecule has 0 saturated heterocycles. The van der Waals surface area contributed by atoms with Gasteiger partial charge in [-0.05, 0) is 95.6 Å². The first kappa shape index (κ1) is 41.8. The van der Waals surface area contributed by atoms with E-state index in [1.165, 1.54) is 6.07 Å². The van der Waals surface area contributed by atoms with Gasteiger partial charge in [-0.15, -0.1) is 0 Å². The molecule has 12 rings (SSSR count). The normalized spacial score (nSPS) is 11.6. The first-order valence-electron chi connectivity index (χ1n) is 22.6. The highest BCUT2D eigenvalue weighted by Crippen LogP contribution is 2.43. The van der Waals surface area contributed by atoms with E-state index in [1.807, 2.05) is 128 Å². The molecule has 0 N–H and O–H groups in total. The first-order chi connectivity index (χ1) is 34.2. The van der Waals surface area contributed by atoms with E-state index in [0.717, 1.165) is 101 Å².